The van der Waals surface area contributed by atoms with Crippen LogP contribution in [-0.2, 0) is 14.3 Å². The number of nitrogens with zero attached hydrogens (tertiary/aromatic N) is 1. The zero-order valence-electron chi connectivity index (χ0n) is 23.1. The molecule has 5 nitrogen and oxygen atoms in total. The van der Waals surface area contributed by atoms with Gasteiger partial charge in [0.1, 0.15) is 6.54 Å². The van der Waals surface area contributed by atoms with E-state index in [9.17, 15) is 14.7 Å². The number of aliphatic carboxylic acids is 1. The summed E-state index contributed by atoms with van der Waals surface area (Å²) >= 11 is 0. The number of unbranched alkanes of at least 4 members (excludes halogenated alkanes) is 10. The number of carbonyl (C=O) groups excluding carboxylic acids is 2. The number of allylic oxidation sites excluding steroid dienone is 6. The quantitative estimate of drug-likeness (QED) is 0.0729. The van der Waals surface area contributed by atoms with Crippen molar-refractivity contribution in [2.24, 2.45) is 0 Å². The fourth-order valence-electron chi connectivity index (χ4n) is 3.89. The molecule has 0 aromatic carbocycles. The van der Waals surface area contributed by atoms with Crippen LogP contribution in [0.3, 0.4) is 0 Å². The second kappa shape index (κ2) is 22.6. The molecule has 1 atom stereocenters. The molecule has 0 rings (SSSR count). The van der Waals surface area contributed by atoms with Gasteiger partial charge in [0.25, 0.3) is 0 Å². The predicted octanol–water partition coefficient (Wildman–Crippen LogP) is 6.28. The minimum Gasteiger partial charge on any atom is -0.550 e. The van der Waals surface area contributed by atoms with Crippen molar-refractivity contribution in [3.8, 4) is 0 Å². The van der Waals surface area contributed by atoms with Gasteiger partial charge in [-0.2, -0.15) is 0 Å². The van der Waals surface area contributed by atoms with Crippen molar-refractivity contribution in [2.75, 3.05) is 27.7 Å². The maximum atomic E-state index is 12.0. The minimum atomic E-state index is -1.19. The lowest BCUT2D eigenvalue weighted by atomic mass is 10.1. The Morgan fingerprint density at radius 3 is 1.74 bits per heavy atom. The molecule has 0 aliphatic heterocycles. The van der Waals surface area contributed by atoms with E-state index in [1.54, 1.807) is 0 Å². The van der Waals surface area contributed by atoms with E-state index in [1.807, 2.05) is 21.1 Å². The Balaban J connectivity index is 3.69. The van der Waals surface area contributed by atoms with Gasteiger partial charge in [-0.3, -0.25) is 4.79 Å². The number of esters is 1. The van der Waals surface area contributed by atoms with Crippen LogP contribution in [-0.4, -0.2) is 50.2 Å². The zero-order valence-corrected chi connectivity index (χ0v) is 23.1. The molecule has 0 amide bonds. The third-order valence-electron chi connectivity index (χ3n) is 5.71. The zero-order chi connectivity index (χ0) is 26.2. The van der Waals surface area contributed by atoms with Crippen molar-refractivity contribution >= 4 is 11.9 Å². The lowest BCUT2D eigenvalue weighted by Crippen LogP contribution is -2.45. The Labute approximate surface area is 215 Å². The van der Waals surface area contributed by atoms with Crippen LogP contribution in [0.25, 0.3) is 0 Å². The molecule has 0 aromatic rings. The molecule has 0 aliphatic carbocycles. The van der Waals surface area contributed by atoms with Gasteiger partial charge in [0.05, 0.1) is 21.1 Å². The summed E-state index contributed by atoms with van der Waals surface area (Å²) in [7, 11) is 5.82. The van der Waals surface area contributed by atoms with Gasteiger partial charge in [-0.05, 0) is 44.9 Å². The molecule has 1 unspecified atom stereocenters. The number of hydrogen-bond acceptors (Lipinski definition) is 4. The maximum Gasteiger partial charge on any atom is 0.306 e. The highest BCUT2D eigenvalue weighted by atomic mass is 16.5. The third kappa shape index (κ3) is 26.6. The number of rotatable bonds is 23. The maximum absolute atomic E-state index is 12.0. The van der Waals surface area contributed by atoms with Crippen LogP contribution in [0.4, 0.5) is 0 Å². The van der Waals surface area contributed by atoms with E-state index in [0.717, 1.165) is 38.5 Å². The van der Waals surface area contributed by atoms with E-state index in [0.29, 0.717) is 17.4 Å². The SMILES string of the molecule is CCCCCCCCC/C=C/C/C=C/C/C=C/CCCCCC(=O)OC(CC(=O)[O-])C[N+](C)(C)C. The molecule has 5 heteroatoms. The smallest absolute Gasteiger partial charge is 0.306 e. The van der Waals surface area contributed by atoms with Crippen molar-refractivity contribution in [2.45, 2.75) is 116 Å². The van der Waals surface area contributed by atoms with E-state index in [1.165, 1.54) is 51.4 Å². The molecule has 0 saturated heterocycles. The molecule has 0 heterocycles. The first-order chi connectivity index (χ1) is 16.7. The molecule has 0 saturated carbocycles. The number of ether oxygens (including phenoxy) is 1. The van der Waals surface area contributed by atoms with E-state index < -0.39 is 12.1 Å². The van der Waals surface area contributed by atoms with Crippen molar-refractivity contribution in [1.82, 2.24) is 0 Å². The van der Waals surface area contributed by atoms with Crippen LogP contribution in [0.1, 0.15) is 110 Å². The van der Waals surface area contributed by atoms with E-state index in [-0.39, 0.29) is 12.4 Å². The fourth-order valence-corrected chi connectivity index (χ4v) is 3.89. The molecular weight excluding hydrogens is 438 g/mol. The Morgan fingerprint density at radius 2 is 1.23 bits per heavy atom. The van der Waals surface area contributed by atoms with E-state index >= 15 is 0 Å². The fraction of sp³-hybridized carbons (Fsp3) is 0.733. The Bertz CT molecular complexity index is 616. The summed E-state index contributed by atoms with van der Waals surface area (Å²) in [4.78, 5) is 22.9. The van der Waals surface area contributed by atoms with E-state index in [4.69, 9.17) is 4.74 Å². The van der Waals surface area contributed by atoms with Crippen LogP contribution in [0.5, 0.6) is 0 Å². The van der Waals surface area contributed by atoms with Gasteiger partial charge < -0.3 is 19.1 Å². The average Bonchev–Trinajstić information content (AvgIpc) is 2.76. The first kappa shape index (κ1) is 33.1. The molecule has 0 spiro atoms. The first-order valence-corrected chi connectivity index (χ1v) is 13.9. The normalized spacial score (nSPS) is 13.3. The first-order valence-electron chi connectivity index (χ1n) is 13.9. The largest absolute Gasteiger partial charge is 0.550 e. The molecule has 35 heavy (non-hydrogen) atoms. The highest BCUT2D eigenvalue weighted by Crippen LogP contribution is 2.10. The summed E-state index contributed by atoms with van der Waals surface area (Å²) in [6, 6.07) is 0. The summed E-state index contributed by atoms with van der Waals surface area (Å²) < 4.78 is 5.91. The molecular formula is C30H53NO4. The predicted molar refractivity (Wildman–Crippen MR) is 145 cm³/mol. The van der Waals surface area contributed by atoms with Crippen molar-refractivity contribution in [3.63, 3.8) is 0 Å². The highest BCUT2D eigenvalue weighted by molar-refractivity contribution is 5.70. The summed E-state index contributed by atoms with van der Waals surface area (Å²) in [5.41, 5.74) is 0. The summed E-state index contributed by atoms with van der Waals surface area (Å²) in [5, 5.41) is 10.9. The van der Waals surface area contributed by atoms with Gasteiger partial charge >= 0.3 is 5.97 Å². The monoisotopic (exact) mass is 491 g/mol. The van der Waals surface area contributed by atoms with Crippen LogP contribution in [0, 0.1) is 0 Å². The molecule has 0 bridgehead atoms. The number of quaternary nitrogens is 1. The lowest BCUT2D eigenvalue weighted by Gasteiger charge is -2.29. The Morgan fingerprint density at radius 1 is 0.743 bits per heavy atom. The highest BCUT2D eigenvalue weighted by Gasteiger charge is 2.22. The van der Waals surface area contributed by atoms with E-state index in [2.05, 4.69) is 43.4 Å². The lowest BCUT2D eigenvalue weighted by molar-refractivity contribution is -0.873. The average molecular weight is 492 g/mol. The minimum absolute atomic E-state index is 0.254. The number of likely N-dealkylation sites (N-methyl/N-ethyl adjacent to an activating group) is 1. The van der Waals surface area contributed by atoms with Crippen LogP contribution < -0.4 is 5.11 Å². The molecule has 0 radical (unpaired) electrons. The molecule has 0 N–H and O–H groups in total. The van der Waals surface area contributed by atoms with Gasteiger partial charge in [0.2, 0.25) is 0 Å². The summed E-state index contributed by atoms with van der Waals surface area (Å²) in [6.07, 6.45) is 29.4. The Kier molecular flexibility index (Phi) is 21.4. The summed E-state index contributed by atoms with van der Waals surface area (Å²) in [5.74, 6) is -1.50. The second-order valence-corrected chi connectivity index (χ2v) is 10.6. The van der Waals surface area contributed by atoms with Crippen molar-refractivity contribution < 1.29 is 23.9 Å². The number of hydrogen-bond donors (Lipinski definition) is 0. The van der Waals surface area contributed by atoms with Crippen molar-refractivity contribution in [3.05, 3.63) is 36.5 Å². The number of carbonyl (C=O) groups is 2. The summed E-state index contributed by atoms with van der Waals surface area (Å²) in [6.45, 7) is 2.72. The van der Waals surface area contributed by atoms with Gasteiger partial charge in [-0.15, -0.1) is 0 Å². The van der Waals surface area contributed by atoms with Crippen LogP contribution in [0.2, 0.25) is 0 Å². The third-order valence-corrected chi connectivity index (χ3v) is 5.71. The van der Waals surface area contributed by atoms with Crippen LogP contribution in [0.15, 0.2) is 36.5 Å². The topological polar surface area (TPSA) is 66.4 Å². The van der Waals surface area contributed by atoms with Gasteiger partial charge in [0.15, 0.2) is 6.10 Å². The standard InChI is InChI=1S/C30H53NO4/c1-5-6-7-8-9-10-11-12-13-14-15-16-17-18-19-20-21-22-23-24-25-30(34)35-28(26-29(32)33)27-31(2,3)4/h13-14,16-17,19-20,28H,5-12,15,18,21-27H2,1-4H3/b14-13+,17-16+,20-19+. The van der Waals surface area contributed by atoms with Crippen molar-refractivity contribution in [1.29, 1.82) is 0 Å². The number of carboxylic acid groups (broad SMARTS) is 1. The number of carboxylic acids is 1. The molecule has 202 valence electrons. The van der Waals surface area contributed by atoms with Gasteiger partial charge in [0, 0.05) is 18.8 Å². The van der Waals surface area contributed by atoms with Gasteiger partial charge in [-0.1, -0.05) is 88.3 Å². The van der Waals surface area contributed by atoms with Crippen LogP contribution >= 0.6 is 0 Å². The Hall–Kier alpha value is -1.88. The molecule has 0 aliphatic rings. The second-order valence-electron chi connectivity index (χ2n) is 10.6. The molecule has 0 fully saturated rings. The van der Waals surface area contributed by atoms with Gasteiger partial charge in [-0.25, -0.2) is 0 Å². The molecule has 0 aromatic heterocycles.